The number of aliphatic hydroxyl groups excluding tert-OH is 1. The Morgan fingerprint density at radius 1 is 1.27 bits per heavy atom. The topological polar surface area (TPSA) is 118 Å². The van der Waals surface area contributed by atoms with E-state index in [0.717, 1.165) is 36.7 Å². The maximum Gasteiger partial charge on any atom is 0.310 e. The van der Waals surface area contributed by atoms with E-state index in [9.17, 15) is 14.4 Å². The first kappa shape index (κ1) is 28.6. The van der Waals surface area contributed by atoms with E-state index in [4.69, 9.17) is 9.84 Å². The van der Waals surface area contributed by atoms with Gasteiger partial charge in [-0.1, -0.05) is 43.2 Å². The fourth-order valence-electron chi connectivity index (χ4n) is 7.02. The zero-order valence-corrected chi connectivity index (χ0v) is 24.1. The summed E-state index contributed by atoms with van der Waals surface area (Å²) in [6.07, 6.45) is 5.58. The number of carbonyl (C=O) groups excluding carboxylic acids is 3. The molecule has 0 radical (unpaired) electrons. The molecule has 3 unspecified atom stereocenters. The fourth-order valence-corrected chi connectivity index (χ4v) is 9.43. The highest BCUT2D eigenvalue weighted by Gasteiger charge is 2.76. The van der Waals surface area contributed by atoms with Crippen LogP contribution in [-0.4, -0.2) is 90.0 Å². The number of amides is 2. The van der Waals surface area contributed by atoms with E-state index in [1.54, 1.807) is 39.2 Å². The zero-order valence-electron chi connectivity index (χ0n) is 23.3. The molecule has 1 aromatic heterocycles. The number of fused-ring (bicyclic) bond motifs is 2. The number of rotatable bonds is 13. The summed E-state index contributed by atoms with van der Waals surface area (Å²) in [6.45, 7) is 9.06. The van der Waals surface area contributed by atoms with Crippen molar-refractivity contribution in [1.82, 2.24) is 24.8 Å². The van der Waals surface area contributed by atoms with Gasteiger partial charge in [-0.05, 0) is 44.2 Å². The van der Waals surface area contributed by atoms with Gasteiger partial charge in [0, 0.05) is 24.9 Å². The highest BCUT2D eigenvalue weighted by molar-refractivity contribution is 8.02. The normalized spacial score (nSPS) is 28.7. The van der Waals surface area contributed by atoms with Crippen LogP contribution in [0.2, 0.25) is 0 Å². The van der Waals surface area contributed by atoms with Crippen LogP contribution in [0.25, 0.3) is 11.0 Å². The SMILES string of the molecule is C=CCN(Cn1nnc2ccccc21)C(=O)C1N(CCCCCCO)C(=O)[C@@H]2[C@@H](C(=O)OCC)[C@H]3CC(C)C12S3. The molecule has 3 saturated heterocycles. The summed E-state index contributed by atoms with van der Waals surface area (Å²) in [5.74, 6) is -1.67. The third-order valence-electron chi connectivity index (χ3n) is 8.73. The minimum Gasteiger partial charge on any atom is -0.466 e. The van der Waals surface area contributed by atoms with E-state index in [0.29, 0.717) is 13.0 Å². The summed E-state index contributed by atoms with van der Waals surface area (Å²) in [7, 11) is 0. The molecule has 1 N–H and O–H groups in total. The smallest absolute Gasteiger partial charge is 0.310 e. The fraction of sp³-hybridized carbons (Fsp3) is 0.621. The summed E-state index contributed by atoms with van der Waals surface area (Å²) in [4.78, 5) is 45.4. The molecule has 5 rings (SSSR count). The van der Waals surface area contributed by atoms with E-state index < -0.39 is 22.6 Å². The van der Waals surface area contributed by atoms with Crippen LogP contribution >= 0.6 is 11.8 Å². The first-order chi connectivity index (χ1) is 19.4. The number of para-hydroxylation sites is 1. The molecular weight excluding hydrogens is 530 g/mol. The van der Waals surface area contributed by atoms with E-state index >= 15 is 0 Å². The minimum atomic E-state index is -0.706. The Morgan fingerprint density at radius 2 is 2.05 bits per heavy atom. The number of benzene rings is 1. The second kappa shape index (κ2) is 11.9. The maximum atomic E-state index is 14.6. The summed E-state index contributed by atoms with van der Waals surface area (Å²) in [5, 5.41) is 17.7. The van der Waals surface area contributed by atoms with Crippen molar-refractivity contribution >= 4 is 40.6 Å². The van der Waals surface area contributed by atoms with Crippen molar-refractivity contribution < 1.29 is 24.2 Å². The van der Waals surface area contributed by atoms with Crippen molar-refractivity contribution in [2.75, 3.05) is 26.3 Å². The van der Waals surface area contributed by atoms with Gasteiger partial charge in [0.15, 0.2) is 0 Å². The third-order valence-corrected chi connectivity index (χ3v) is 10.8. The summed E-state index contributed by atoms with van der Waals surface area (Å²) in [5.41, 5.74) is 1.55. The lowest BCUT2D eigenvalue weighted by molar-refractivity contribution is -0.154. The van der Waals surface area contributed by atoms with Gasteiger partial charge in [-0.2, -0.15) is 0 Å². The van der Waals surface area contributed by atoms with Crippen molar-refractivity contribution in [2.24, 2.45) is 17.8 Å². The van der Waals surface area contributed by atoms with Crippen molar-refractivity contribution in [2.45, 2.75) is 68.7 Å². The van der Waals surface area contributed by atoms with Gasteiger partial charge in [0.1, 0.15) is 18.2 Å². The van der Waals surface area contributed by atoms with Crippen molar-refractivity contribution in [3.8, 4) is 0 Å². The van der Waals surface area contributed by atoms with Gasteiger partial charge in [0.05, 0.1) is 28.7 Å². The number of esters is 1. The zero-order chi connectivity index (χ0) is 28.4. The number of hydrogen-bond donors (Lipinski definition) is 1. The Hall–Kier alpha value is -2.92. The van der Waals surface area contributed by atoms with Crippen LogP contribution in [0.4, 0.5) is 0 Å². The molecule has 11 heteroatoms. The van der Waals surface area contributed by atoms with Gasteiger partial charge in [0.25, 0.3) is 0 Å². The van der Waals surface area contributed by atoms with Crippen LogP contribution in [0, 0.1) is 17.8 Å². The van der Waals surface area contributed by atoms with E-state index in [1.165, 1.54) is 0 Å². The number of carbonyl (C=O) groups is 3. The largest absolute Gasteiger partial charge is 0.466 e. The summed E-state index contributed by atoms with van der Waals surface area (Å²) < 4.78 is 6.44. The first-order valence-electron chi connectivity index (χ1n) is 14.3. The van der Waals surface area contributed by atoms with E-state index in [1.807, 2.05) is 24.3 Å². The molecule has 3 aliphatic heterocycles. The lowest BCUT2D eigenvalue weighted by atomic mass is 9.66. The molecule has 1 spiro atoms. The van der Waals surface area contributed by atoms with Gasteiger partial charge in [-0.25, -0.2) is 4.68 Å². The molecule has 1 aromatic carbocycles. The molecule has 0 saturated carbocycles. The third kappa shape index (κ3) is 4.70. The molecular formula is C29H39N5O5S. The molecule has 4 heterocycles. The average Bonchev–Trinajstić information content (AvgIpc) is 3.66. The monoisotopic (exact) mass is 569 g/mol. The second-order valence-electron chi connectivity index (χ2n) is 11.0. The molecule has 10 nitrogen and oxygen atoms in total. The number of aliphatic hydroxyl groups is 1. The number of thioether (sulfide) groups is 1. The number of likely N-dealkylation sites (tertiary alicyclic amines) is 1. The molecule has 216 valence electrons. The van der Waals surface area contributed by atoms with E-state index in [-0.39, 0.29) is 55.4 Å². The molecule has 40 heavy (non-hydrogen) atoms. The number of ether oxygens (including phenoxy) is 1. The average molecular weight is 570 g/mol. The van der Waals surface area contributed by atoms with E-state index in [2.05, 4.69) is 23.8 Å². The second-order valence-corrected chi connectivity index (χ2v) is 12.6. The quantitative estimate of drug-likeness (QED) is 0.222. The number of unbranched alkanes of at least 4 members (excludes halogenated alkanes) is 3. The lowest BCUT2D eigenvalue weighted by Gasteiger charge is -2.40. The standard InChI is InChI=1S/C29H39N5O5S/c1-4-14-32(18-34-21-13-9-8-12-20(21)30-31-34)27(37)25-29-19(3)17-22(40-29)23(28(38)39-5-2)24(29)26(36)33(25)15-10-6-7-11-16-35/h4,8-9,12-13,19,22-25,35H,1,5-7,10-11,14-18H2,2-3H3/t19?,22-,23+,24+,25?,29?/m1/s1. The molecule has 3 aliphatic rings. The van der Waals surface area contributed by atoms with Crippen molar-refractivity contribution in [3.63, 3.8) is 0 Å². The first-order valence-corrected chi connectivity index (χ1v) is 15.2. The molecule has 6 atom stereocenters. The van der Waals surface area contributed by atoms with Gasteiger partial charge < -0.3 is 19.6 Å². The Bertz CT molecular complexity index is 1270. The van der Waals surface area contributed by atoms with Crippen molar-refractivity contribution in [3.05, 3.63) is 36.9 Å². The number of nitrogens with zero attached hydrogens (tertiary/aromatic N) is 5. The minimum absolute atomic E-state index is 0.0443. The Labute approximate surface area is 239 Å². The van der Waals surface area contributed by atoms with Crippen LogP contribution in [0.5, 0.6) is 0 Å². The van der Waals surface area contributed by atoms with Gasteiger partial charge in [0.2, 0.25) is 11.8 Å². The van der Waals surface area contributed by atoms with Crippen LogP contribution in [-0.2, 0) is 25.8 Å². The molecule has 2 amide bonds. The van der Waals surface area contributed by atoms with Crippen LogP contribution in [0.3, 0.4) is 0 Å². The van der Waals surface area contributed by atoms with Gasteiger partial charge in [-0.15, -0.1) is 23.4 Å². The Kier molecular flexibility index (Phi) is 8.51. The summed E-state index contributed by atoms with van der Waals surface area (Å²) in [6, 6.07) is 6.89. The Morgan fingerprint density at radius 3 is 2.80 bits per heavy atom. The van der Waals surface area contributed by atoms with Crippen LogP contribution in [0.15, 0.2) is 36.9 Å². The van der Waals surface area contributed by atoms with Crippen LogP contribution in [0.1, 0.15) is 46.0 Å². The van der Waals surface area contributed by atoms with Crippen molar-refractivity contribution in [1.29, 1.82) is 0 Å². The summed E-state index contributed by atoms with van der Waals surface area (Å²) >= 11 is 1.65. The highest BCUT2D eigenvalue weighted by atomic mass is 32.2. The number of hydrogen-bond acceptors (Lipinski definition) is 8. The van der Waals surface area contributed by atoms with Gasteiger partial charge >= 0.3 is 5.97 Å². The number of aromatic nitrogens is 3. The highest BCUT2D eigenvalue weighted by Crippen LogP contribution is 2.68. The molecule has 2 bridgehead atoms. The maximum absolute atomic E-state index is 14.6. The molecule has 3 fully saturated rings. The predicted octanol–water partition coefficient (Wildman–Crippen LogP) is 2.86. The molecule has 0 aliphatic carbocycles. The Balaban J connectivity index is 1.50. The lowest BCUT2D eigenvalue weighted by Crippen LogP contribution is -2.57. The molecule has 2 aromatic rings. The predicted molar refractivity (Wildman–Crippen MR) is 152 cm³/mol. The van der Waals surface area contributed by atoms with Gasteiger partial charge in [-0.3, -0.25) is 14.4 Å². The van der Waals surface area contributed by atoms with Crippen LogP contribution < -0.4 is 0 Å².